The molecule has 14 heavy (non-hydrogen) atoms. The Morgan fingerprint density at radius 1 is 1.29 bits per heavy atom. The molecule has 1 aromatic rings. The monoisotopic (exact) mass is 204 g/mol. The van der Waals surface area contributed by atoms with Crippen LogP contribution in [0.5, 0.6) is 0 Å². The Hall–Kier alpha value is -1.42. The number of amides is 2. The second-order valence-corrected chi connectivity index (χ2v) is 4.38. The summed E-state index contributed by atoms with van der Waals surface area (Å²) in [5.74, 6) is 0. The maximum atomic E-state index is 11.1. The van der Waals surface area contributed by atoms with E-state index in [1.807, 2.05) is 18.2 Å². The number of carbonyl (C=O) groups excluding carboxylic acids is 1. The van der Waals surface area contributed by atoms with Crippen molar-refractivity contribution in [1.29, 1.82) is 0 Å². The van der Waals surface area contributed by atoms with Gasteiger partial charge in [0.25, 0.3) is 0 Å². The number of thioether (sulfide) groups is 1. The van der Waals surface area contributed by atoms with Crippen LogP contribution in [0, 0.1) is 0 Å². The molecule has 2 aliphatic heterocycles. The van der Waals surface area contributed by atoms with E-state index in [9.17, 15) is 4.79 Å². The average molecular weight is 204 g/mol. The van der Waals surface area contributed by atoms with Crippen LogP contribution in [0.2, 0.25) is 0 Å². The Bertz CT molecular complexity index is 442. The zero-order valence-corrected chi connectivity index (χ0v) is 8.10. The molecule has 0 saturated carbocycles. The van der Waals surface area contributed by atoms with Crippen molar-refractivity contribution in [3.05, 3.63) is 35.5 Å². The van der Waals surface area contributed by atoms with Crippen LogP contribution >= 0.6 is 11.8 Å². The standard InChI is InChI=1S/C10H8N2OS/c13-10-11-7-5-6-3-1-2-4-8(6)14-9(7)12-10/h1-5,9H,(H2,11,12,13). The summed E-state index contributed by atoms with van der Waals surface area (Å²) in [4.78, 5) is 12.3. The van der Waals surface area contributed by atoms with E-state index < -0.39 is 0 Å². The summed E-state index contributed by atoms with van der Waals surface area (Å²) in [5, 5.41) is 5.70. The molecular weight excluding hydrogens is 196 g/mol. The highest BCUT2D eigenvalue weighted by molar-refractivity contribution is 8.00. The summed E-state index contributed by atoms with van der Waals surface area (Å²) >= 11 is 1.67. The normalized spacial score (nSPS) is 23.0. The van der Waals surface area contributed by atoms with Crippen LogP contribution in [0.1, 0.15) is 5.56 Å². The molecule has 3 rings (SSSR count). The van der Waals surface area contributed by atoms with Gasteiger partial charge >= 0.3 is 6.03 Å². The van der Waals surface area contributed by atoms with E-state index in [0.717, 1.165) is 5.70 Å². The van der Waals surface area contributed by atoms with Crippen molar-refractivity contribution in [2.75, 3.05) is 0 Å². The molecule has 1 unspecified atom stereocenters. The fraction of sp³-hybridized carbons (Fsp3) is 0.100. The Morgan fingerprint density at radius 3 is 3.07 bits per heavy atom. The highest BCUT2D eigenvalue weighted by atomic mass is 32.2. The predicted octanol–water partition coefficient (Wildman–Crippen LogP) is 1.77. The van der Waals surface area contributed by atoms with Gasteiger partial charge in [0, 0.05) is 4.90 Å². The summed E-state index contributed by atoms with van der Waals surface area (Å²) in [6.45, 7) is 0. The lowest BCUT2D eigenvalue weighted by Gasteiger charge is -2.17. The SMILES string of the molecule is O=C1NC2=Cc3ccccc3SC2N1. The second kappa shape index (κ2) is 2.78. The fourth-order valence-corrected chi connectivity index (χ4v) is 2.73. The third kappa shape index (κ3) is 1.11. The van der Waals surface area contributed by atoms with Gasteiger partial charge < -0.3 is 10.6 Å². The number of carbonyl (C=O) groups is 1. The number of urea groups is 1. The van der Waals surface area contributed by atoms with Crippen molar-refractivity contribution < 1.29 is 4.79 Å². The van der Waals surface area contributed by atoms with Crippen molar-refractivity contribution in [3.8, 4) is 0 Å². The molecule has 0 spiro atoms. The van der Waals surface area contributed by atoms with Gasteiger partial charge in [-0.2, -0.15) is 0 Å². The summed E-state index contributed by atoms with van der Waals surface area (Å²) < 4.78 is 0. The first kappa shape index (κ1) is 7.94. The minimum Gasteiger partial charge on any atom is -0.320 e. The zero-order valence-electron chi connectivity index (χ0n) is 7.28. The van der Waals surface area contributed by atoms with Crippen LogP contribution in [0.3, 0.4) is 0 Å². The van der Waals surface area contributed by atoms with Gasteiger partial charge in [-0.05, 0) is 17.7 Å². The molecule has 2 amide bonds. The molecule has 3 nitrogen and oxygen atoms in total. The number of fused-ring (bicyclic) bond motifs is 2. The molecule has 1 fully saturated rings. The summed E-state index contributed by atoms with van der Waals surface area (Å²) in [6, 6.07) is 8.02. The van der Waals surface area contributed by atoms with Crippen molar-refractivity contribution in [2.45, 2.75) is 10.3 Å². The van der Waals surface area contributed by atoms with Gasteiger partial charge in [-0.15, -0.1) is 0 Å². The smallest absolute Gasteiger partial charge is 0.320 e. The van der Waals surface area contributed by atoms with Gasteiger partial charge in [0.05, 0.1) is 5.70 Å². The van der Waals surface area contributed by atoms with E-state index >= 15 is 0 Å². The third-order valence-electron chi connectivity index (χ3n) is 2.28. The van der Waals surface area contributed by atoms with Crippen molar-refractivity contribution in [3.63, 3.8) is 0 Å². The minimum absolute atomic E-state index is 0.0670. The number of hydrogen-bond donors (Lipinski definition) is 2. The highest BCUT2D eigenvalue weighted by Crippen LogP contribution is 2.36. The van der Waals surface area contributed by atoms with Gasteiger partial charge in [0.15, 0.2) is 0 Å². The molecule has 0 aliphatic carbocycles. The van der Waals surface area contributed by atoms with Crippen LogP contribution in [0.4, 0.5) is 4.79 Å². The van der Waals surface area contributed by atoms with Crippen molar-refractivity contribution in [1.82, 2.24) is 10.6 Å². The van der Waals surface area contributed by atoms with Crippen LogP contribution in [0.15, 0.2) is 34.9 Å². The topological polar surface area (TPSA) is 41.1 Å². The zero-order chi connectivity index (χ0) is 9.54. The third-order valence-corrected chi connectivity index (χ3v) is 3.51. The van der Waals surface area contributed by atoms with E-state index in [-0.39, 0.29) is 11.4 Å². The number of rotatable bonds is 0. The lowest BCUT2D eigenvalue weighted by Crippen LogP contribution is -2.24. The van der Waals surface area contributed by atoms with Gasteiger partial charge in [0.1, 0.15) is 5.37 Å². The van der Waals surface area contributed by atoms with Gasteiger partial charge in [-0.1, -0.05) is 30.0 Å². The molecular formula is C10H8N2OS. The maximum absolute atomic E-state index is 11.1. The number of hydrogen-bond acceptors (Lipinski definition) is 2. The summed E-state index contributed by atoms with van der Waals surface area (Å²) in [7, 11) is 0. The fourth-order valence-electron chi connectivity index (χ4n) is 1.64. The van der Waals surface area contributed by atoms with Crippen molar-refractivity contribution in [2.24, 2.45) is 0 Å². The largest absolute Gasteiger partial charge is 0.320 e. The molecule has 1 atom stereocenters. The quantitative estimate of drug-likeness (QED) is 0.676. The molecule has 1 aromatic carbocycles. The lowest BCUT2D eigenvalue weighted by atomic mass is 10.2. The van der Waals surface area contributed by atoms with E-state index in [2.05, 4.69) is 22.8 Å². The Kier molecular flexibility index (Phi) is 1.58. The maximum Gasteiger partial charge on any atom is 0.320 e. The predicted molar refractivity (Wildman–Crippen MR) is 55.7 cm³/mol. The Morgan fingerprint density at radius 2 is 2.14 bits per heavy atom. The van der Waals surface area contributed by atoms with E-state index in [0.29, 0.717) is 0 Å². The molecule has 1 saturated heterocycles. The molecule has 70 valence electrons. The van der Waals surface area contributed by atoms with Gasteiger partial charge in [-0.3, -0.25) is 0 Å². The van der Waals surface area contributed by atoms with Crippen LogP contribution in [-0.2, 0) is 0 Å². The van der Waals surface area contributed by atoms with Crippen LogP contribution < -0.4 is 10.6 Å². The summed E-state index contributed by atoms with van der Waals surface area (Å²) in [5.41, 5.74) is 2.13. The lowest BCUT2D eigenvalue weighted by molar-refractivity contribution is 0.248. The van der Waals surface area contributed by atoms with E-state index in [1.165, 1.54) is 10.5 Å². The average Bonchev–Trinajstić information content (AvgIpc) is 2.53. The van der Waals surface area contributed by atoms with E-state index in [4.69, 9.17) is 0 Å². The molecule has 4 heteroatoms. The van der Waals surface area contributed by atoms with E-state index in [1.54, 1.807) is 11.8 Å². The first-order chi connectivity index (χ1) is 6.83. The molecule has 0 aromatic heterocycles. The minimum atomic E-state index is -0.110. The molecule has 2 N–H and O–H groups in total. The number of nitrogens with one attached hydrogen (secondary N) is 2. The van der Waals surface area contributed by atoms with Crippen LogP contribution in [-0.4, -0.2) is 11.4 Å². The van der Waals surface area contributed by atoms with Gasteiger partial charge in [-0.25, -0.2) is 4.79 Å². The van der Waals surface area contributed by atoms with Gasteiger partial charge in [0.2, 0.25) is 0 Å². The molecule has 0 radical (unpaired) electrons. The number of benzene rings is 1. The highest BCUT2D eigenvalue weighted by Gasteiger charge is 2.30. The van der Waals surface area contributed by atoms with Crippen molar-refractivity contribution >= 4 is 23.9 Å². The molecule has 0 bridgehead atoms. The Labute approximate surface area is 85.6 Å². The molecule has 2 aliphatic rings. The van der Waals surface area contributed by atoms with Crippen LogP contribution in [0.25, 0.3) is 6.08 Å². The summed E-state index contributed by atoms with van der Waals surface area (Å²) in [6.07, 6.45) is 2.02. The molecule has 2 heterocycles. The Balaban J connectivity index is 2.07. The second-order valence-electron chi connectivity index (χ2n) is 3.23. The first-order valence-electron chi connectivity index (χ1n) is 4.38. The first-order valence-corrected chi connectivity index (χ1v) is 5.26.